The third-order valence-corrected chi connectivity index (χ3v) is 4.19. The van der Waals surface area contributed by atoms with Crippen molar-refractivity contribution < 1.29 is 23.5 Å². The van der Waals surface area contributed by atoms with Crippen molar-refractivity contribution in [3.05, 3.63) is 83.3 Å². The Hall–Kier alpha value is -3.38. The number of methoxy groups -OCH3 is 1. The molecule has 1 heterocycles. The first-order chi connectivity index (χ1) is 13.5. The molecule has 1 aromatic heterocycles. The van der Waals surface area contributed by atoms with Gasteiger partial charge in [-0.25, -0.2) is 4.79 Å². The number of ether oxygens (including phenoxy) is 2. The van der Waals surface area contributed by atoms with E-state index in [2.05, 4.69) is 0 Å². The number of aryl methyl sites for hydroxylation is 1. The van der Waals surface area contributed by atoms with Crippen LogP contribution in [0, 0.1) is 6.92 Å². The summed E-state index contributed by atoms with van der Waals surface area (Å²) in [7, 11) is 3.24. The molecule has 2 aromatic carbocycles. The Balaban J connectivity index is 1.66. The fourth-order valence-corrected chi connectivity index (χ4v) is 2.61. The lowest BCUT2D eigenvalue weighted by Crippen LogP contribution is -2.26. The summed E-state index contributed by atoms with van der Waals surface area (Å²) in [4.78, 5) is 26.3. The maximum Gasteiger partial charge on any atom is 0.379 e. The van der Waals surface area contributed by atoms with Gasteiger partial charge in [-0.05, 0) is 55.5 Å². The van der Waals surface area contributed by atoms with Crippen molar-refractivity contribution in [2.45, 2.75) is 13.5 Å². The van der Waals surface area contributed by atoms with Crippen LogP contribution in [0.25, 0.3) is 0 Å². The van der Waals surface area contributed by atoms with E-state index in [0.29, 0.717) is 22.8 Å². The van der Waals surface area contributed by atoms with Crippen LogP contribution in [-0.4, -0.2) is 26.0 Å². The molecule has 6 nitrogen and oxygen atoms in total. The van der Waals surface area contributed by atoms with E-state index in [-0.39, 0.29) is 18.3 Å². The third-order valence-electron chi connectivity index (χ3n) is 4.19. The molecule has 0 bridgehead atoms. The fourth-order valence-electron chi connectivity index (χ4n) is 2.61. The molecule has 0 unspecified atom stereocenters. The molecule has 0 fully saturated rings. The van der Waals surface area contributed by atoms with Crippen LogP contribution < -0.4 is 9.64 Å². The first kappa shape index (κ1) is 19.4. The molecule has 0 saturated heterocycles. The smallest absolute Gasteiger partial charge is 0.379 e. The van der Waals surface area contributed by atoms with Crippen LogP contribution in [0.3, 0.4) is 0 Å². The van der Waals surface area contributed by atoms with Crippen molar-refractivity contribution in [1.82, 2.24) is 0 Å². The summed E-state index contributed by atoms with van der Waals surface area (Å²) in [5.41, 5.74) is 2.38. The highest BCUT2D eigenvalue weighted by Gasteiger charge is 2.16. The molecule has 1 amide bonds. The quantitative estimate of drug-likeness (QED) is 0.474. The SMILES string of the molecule is COCc1ccc(C(=O)Oc2ccc(N(C)C(=O)c3ccc(C)cc3)cc2)o1. The summed E-state index contributed by atoms with van der Waals surface area (Å²) in [6.07, 6.45) is 0. The minimum absolute atomic E-state index is 0.0998. The van der Waals surface area contributed by atoms with Crippen molar-refractivity contribution in [1.29, 1.82) is 0 Å². The van der Waals surface area contributed by atoms with Crippen LogP contribution in [0.1, 0.15) is 32.2 Å². The Labute approximate surface area is 163 Å². The van der Waals surface area contributed by atoms with Gasteiger partial charge in [-0.3, -0.25) is 4.79 Å². The van der Waals surface area contributed by atoms with Crippen molar-refractivity contribution in [3.8, 4) is 5.75 Å². The van der Waals surface area contributed by atoms with E-state index < -0.39 is 5.97 Å². The lowest BCUT2D eigenvalue weighted by molar-refractivity contribution is 0.0693. The van der Waals surface area contributed by atoms with Crippen LogP contribution >= 0.6 is 0 Å². The topological polar surface area (TPSA) is 69.0 Å². The normalized spacial score (nSPS) is 10.5. The van der Waals surface area contributed by atoms with Crippen molar-refractivity contribution in [2.75, 3.05) is 19.1 Å². The Morgan fingerprint density at radius 3 is 2.29 bits per heavy atom. The Kier molecular flexibility index (Phi) is 5.91. The largest absolute Gasteiger partial charge is 0.452 e. The van der Waals surface area contributed by atoms with Gasteiger partial charge in [0, 0.05) is 25.4 Å². The van der Waals surface area contributed by atoms with Crippen LogP contribution in [-0.2, 0) is 11.3 Å². The van der Waals surface area contributed by atoms with E-state index in [1.54, 1.807) is 67.6 Å². The molecule has 0 N–H and O–H groups in total. The highest BCUT2D eigenvalue weighted by atomic mass is 16.5. The Morgan fingerprint density at radius 1 is 0.964 bits per heavy atom. The van der Waals surface area contributed by atoms with E-state index in [1.807, 2.05) is 19.1 Å². The van der Waals surface area contributed by atoms with Gasteiger partial charge in [0.05, 0.1) is 0 Å². The second kappa shape index (κ2) is 8.54. The highest BCUT2D eigenvalue weighted by Crippen LogP contribution is 2.21. The maximum atomic E-state index is 12.6. The Morgan fingerprint density at radius 2 is 1.64 bits per heavy atom. The molecule has 0 atom stereocenters. The summed E-state index contributed by atoms with van der Waals surface area (Å²) in [5, 5.41) is 0. The lowest BCUT2D eigenvalue weighted by Gasteiger charge is -2.18. The number of carbonyl (C=O) groups is 2. The number of amides is 1. The number of hydrogen-bond acceptors (Lipinski definition) is 5. The van der Waals surface area contributed by atoms with Gasteiger partial charge in [-0.15, -0.1) is 0 Å². The summed E-state index contributed by atoms with van der Waals surface area (Å²) < 4.78 is 15.6. The van der Waals surface area contributed by atoms with Crippen LogP contribution in [0.4, 0.5) is 5.69 Å². The van der Waals surface area contributed by atoms with Crippen LogP contribution in [0.15, 0.2) is 65.1 Å². The van der Waals surface area contributed by atoms with E-state index in [9.17, 15) is 9.59 Å². The van der Waals surface area contributed by atoms with Crippen molar-refractivity contribution >= 4 is 17.6 Å². The predicted octanol–water partition coefficient (Wildman–Crippen LogP) is 4.23. The molecule has 6 heteroatoms. The molecular weight excluding hydrogens is 358 g/mol. The molecule has 144 valence electrons. The minimum atomic E-state index is -0.598. The van der Waals surface area contributed by atoms with Gasteiger partial charge in [-0.1, -0.05) is 17.7 Å². The molecule has 3 aromatic rings. The number of anilines is 1. The number of carbonyl (C=O) groups excluding carboxylic acids is 2. The van der Waals surface area contributed by atoms with E-state index >= 15 is 0 Å². The van der Waals surface area contributed by atoms with Gasteiger partial charge in [0.2, 0.25) is 5.76 Å². The number of rotatable bonds is 6. The number of nitrogens with zero attached hydrogens (tertiary/aromatic N) is 1. The minimum Gasteiger partial charge on any atom is -0.452 e. The van der Waals surface area contributed by atoms with Gasteiger partial charge >= 0.3 is 5.97 Å². The number of esters is 1. The monoisotopic (exact) mass is 379 g/mol. The summed E-state index contributed by atoms with van der Waals surface area (Å²) in [6.45, 7) is 2.25. The molecular formula is C22H21NO5. The van der Waals surface area contributed by atoms with Gasteiger partial charge < -0.3 is 18.8 Å². The summed E-state index contributed by atoms with van der Waals surface area (Å²) >= 11 is 0. The predicted molar refractivity (Wildman–Crippen MR) is 105 cm³/mol. The Bertz CT molecular complexity index is 957. The first-order valence-electron chi connectivity index (χ1n) is 8.72. The van der Waals surface area contributed by atoms with Gasteiger partial charge in [0.15, 0.2) is 0 Å². The summed E-state index contributed by atoms with van der Waals surface area (Å²) in [6, 6.07) is 17.3. The molecule has 0 radical (unpaired) electrons. The molecule has 0 aliphatic heterocycles. The zero-order chi connectivity index (χ0) is 20.1. The average Bonchev–Trinajstić information content (AvgIpc) is 3.17. The van der Waals surface area contributed by atoms with E-state index in [4.69, 9.17) is 13.9 Å². The van der Waals surface area contributed by atoms with Gasteiger partial charge in [0.1, 0.15) is 18.1 Å². The number of hydrogen-bond donors (Lipinski definition) is 0. The lowest BCUT2D eigenvalue weighted by atomic mass is 10.1. The summed E-state index contributed by atoms with van der Waals surface area (Å²) in [5.74, 6) is 0.281. The van der Waals surface area contributed by atoms with Crippen LogP contribution in [0.5, 0.6) is 5.75 Å². The zero-order valence-electron chi connectivity index (χ0n) is 16.0. The second-order valence-electron chi connectivity index (χ2n) is 6.31. The second-order valence-corrected chi connectivity index (χ2v) is 6.31. The third kappa shape index (κ3) is 4.47. The molecule has 0 spiro atoms. The average molecular weight is 379 g/mol. The van der Waals surface area contributed by atoms with E-state index in [0.717, 1.165) is 5.56 Å². The van der Waals surface area contributed by atoms with E-state index in [1.165, 1.54) is 0 Å². The fraction of sp³-hybridized carbons (Fsp3) is 0.182. The van der Waals surface area contributed by atoms with Crippen molar-refractivity contribution in [2.24, 2.45) is 0 Å². The number of benzene rings is 2. The van der Waals surface area contributed by atoms with Crippen LogP contribution in [0.2, 0.25) is 0 Å². The van der Waals surface area contributed by atoms with Gasteiger partial charge in [0.25, 0.3) is 5.91 Å². The van der Waals surface area contributed by atoms with Gasteiger partial charge in [-0.2, -0.15) is 0 Å². The maximum absolute atomic E-state index is 12.6. The molecule has 0 saturated carbocycles. The molecule has 0 aliphatic carbocycles. The first-order valence-corrected chi connectivity index (χ1v) is 8.72. The highest BCUT2D eigenvalue weighted by molar-refractivity contribution is 6.05. The zero-order valence-corrected chi connectivity index (χ0v) is 16.0. The molecule has 28 heavy (non-hydrogen) atoms. The van der Waals surface area contributed by atoms with Crippen molar-refractivity contribution in [3.63, 3.8) is 0 Å². The standard InChI is InChI=1S/C22H21NO5/c1-15-4-6-16(7-5-15)21(24)23(2)17-8-10-18(11-9-17)28-22(25)20-13-12-19(27-20)14-26-3/h4-13H,14H2,1-3H3. The molecule has 0 aliphatic rings. The number of furan rings is 1. The molecule has 3 rings (SSSR count).